The highest BCUT2D eigenvalue weighted by Gasteiger charge is 2.16. The van der Waals surface area contributed by atoms with Gasteiger partial charge in [-0.2, -0.15) is 0 Å². The molecule has 5 nitrogen and oxygen atoms in total. The molecule has 0 fully saturated rings. The summed E-state index contributed by atoms with van der Waals surface area (Å²) in [6.07, 6.45) is 0.945. The van der Waals surface area contributed by atoms with E-state index >= 15 is 0 Å². The number of carbonyl (C=O) groups excluding carboxylic acids is 1. The van der Waals surface area contributed by atoms with E-state index in [0.29, 0.717) is 12.2 Å². The zero-order valence-electron chi connectivity index (χ0n) is 12.7. The molecule has 1 N–H and O–H groups in total. The van der Waals surface area contributed by atoms with Gasteiger partial charge in [-0.1, -0.05) is 0 Å². The fourth-order valence-electron chi connectivity index (χ4n) is 2.38. The summed E-state index contributed by atoms with van der Waals surface area (Å²) in [7, 11) is 4.06. The van der Waals surface area contributed by atoms with E-state index in [1.54, 1.807) is 0 Å². The van der Waals surface area contributed by atoms with E-state index < -0.39 is 0 Å². The van der Waals surface area contributed by atoms with Crippen molar-refractivity contribution in [2.24, 2.45) is 0 Å². The third-order valence-electron chi connectivity index (χ3n) is 3.33. The first-order valence-electron chi connectivity index (χ1n) is 7.05. The number of nitrogens with one attached hydrogen (secondary N) is 1. The second-order valence-electron chi connectivity index (χ2n) is 5.29. The molecule has 2 heterocycles. The number of hydrogen-bond donors (Lipinski definition) is 1. The summed E-state index contributed by atoms with van der Waals surface area (Å²) in [4.78, 5) is 14.3. The number of nitrogens with zero attached hydrogens (tertiary/aromatic N) is 2. The summed E-state index contributed by atoms with van der Waals surface area (Å²) in [6, 6.07) is 3.80. The Balaban J connectivity index is 2.07. The fraction of sp³-hybridized carbons (Fsp3) is 0.533. The van der Waals surface area contributed by atoms with Crippen molar-refractivity contribution in [2.45, 2.75) is 26.8 Å². The molecule has 0 aliphatic carbocycles. The van der Waals surface area contributed by atoms with Gasteiger partial charge in [0.15, 0.2) is 5.58 Å². The third-order valence-corrected chi connectivity index (χ3v) is 3.33. The van der Waals surface area contributed by atoms with Crippen LogP contribution >= 0.6 is 0 Å². The van der Waals surface area contributed by atoms with Gasteiger partial charge in [0.25, 0.3) is 5.91 Å². The van der Waals surface area contributed by atoms with Crippen molar-refractivity contribution in [1.29, 1.82) is 0 Å². The van der Waals surface area contributed by atoms with E-state index in [2.05, 4.69) is 10.2 Å². The second kappa shape index (κ2) is 6.13. The van der Waals surface area contributed by atoms with Crippen LogP contribution in [0.4, 0.5) is 0 Å². The van der Waals surface area contributed by atoms with E-state index in [0.717, 1.165) is 36.4 Å². The number of carbonyl (C=O) groups is 1. The molecule has 2 aromatic rings. The number of aromatic nitrogens is 1. The second-order valence-corrected chi connectivity index (χ2v) is 5.29. The normalized spacial score (nSPS) is 11.4. The monoisotopic (exact) mass is 277 g/mol. The summed E-state index contributed by atoms with van der Waals surface area (Å²) in [6.45, 7) is 6.36. The first-order chi connectivity index (χ1) is 9.52. The van der Waals surface area contributed by atoms with Crippen LogP contribution in [0.3, 0.4) is 0 Å². The highest BCUT2D eigenvalue weighted by Crippen LogP contribution is 2.23. The summed E-state index contributed by atoms with van der Waals surface area (Å²) < 4.78 is 7.58. The van der Waals surface area contributed by atoms with Crippen LogP contribution in [0.1, 0.15) is 29.6 Å². The van der Waals surface area contributed by atoms with Gasteiger partial charge >= 0.3 is 0 Å². The lowest BCUT2D eigenvalue weighted by Gasteiger charge is -2.11. The maximum Gasteiger partial charge on any atom is 0.268 e. The third kappa shape index (κ3) is 3.04. The number of aryl methyl sites for hydroxylation is 2. The van der Waals surface area contributed by atoms with Crippen molar-refractivity contribution in [2.75, 3.05) is 27.2 Å². The highest BCUT2D eigenvalue weighted by atomic mass is 16.3. The number of amides is 1. The minimum atomic E-state index is -0.0327. The number of hydrogen-bond acceptors (Lipinski definition) is 3. The van der Waals surface area contributed by atoms with Crippen LogP contribution in [0, 0.1) is 6.92 Å². The maximum atomic E-state index is 12.2. The highest BCUT2D eigenvalue weighted by molar-refractivity contribution is 5.97. The van der Waals surface area contributed by atoms with Crippen molar-refractivity contribution in [3.05, 3.63) is 23.6 Å². The molecule has 2 rings (SSSR count). The molecule has 0 aliphatic rings. The van der Waals surface area contributed by atoms with E-state index in [4.69, 9.17) is 4.42 Å². The lowest BCUT2D eigenvalue weighted by atomic mass is 10.3. The van der Waals surface area contributed by atoms with E-state index in [9.17, 15) is 4.79 Å². The molecule has 110 valence electrons. The van der Waals surface area contributed by atoms with Gasteiger partial charge in [-0.15, -0.1) is 0 Å². The zero-order valence-corrected chi connectivity index (χ0v) is 12.7. The predicted octanol–water partition coefficient (Wildman–Crippen LogP) is 2.24. The first kappa shape index (κ1) is 14.7. The van der Waals surface area contributed by atoms with Crippen molar-refractivity contribution >= 4 is 17.0 Å². The summed E-state index contributed by atoms with van der Waals surface area (Å²) in [5.74, 6) is 0.838. The van der Waals surface area contributed by atoms with Gasteiger partial charge in [0, 0.05) is 25.2 Å². The number of fused-ring (bicyclic) bond motifs is 1. The molecule has 0 spiro atoms. The smallest absolute Gasteiger partial charge is 0.268 e. The maximum absolute atomic E-state index is 12.2. The zero-order chi connectivity index (χ0) is 14.7. The Hall–Kier alpha value is -1.75. The van der Waals surface area contributed by atoms with Crippen LogP contribution in [0.5, 0.6) is 0 Å². The topological polar surface area (TPSA) is 50.4 Å². The van der Waals surface area contributed by atoms with E-state index in [1.165, 1.54) is 0 Å². The van der Waals surface area contributed by atoms with E-state index in [1.807, 2.05) is 44.6 Å². The number of furan rings is 1. The van der Waals surface area contributed by atoms with Gasteiger partial charge in [0.2, 0.25) is 0 Å². The molecule has 0 atom stereocenters. The van der Waals surface area contributed by atoms with Gasteiger partial charge < -0.3 is 19.2 Å². The van der Waals surface area contributed by atoms with Crippen LogP contribution in [-0.4, -0.2) is 42.6 Å². The lowest BCUT2D eigenvalue weighted by molar-refractivity contribution is 0.0943. The fourth-order valence-corrected chi connectivity index (χ4v) is 2.38. The molecule has 0 saturated heterocycles. The molecular weight excluding hydrogens is 254 g/mol. The van der Waals surface area contributed by atoms with Gasteiger partial charge in [-0.3, -0.25) is 4.79 Å². The molecule has 5 heteroatoms. The Kier molecular flexibility index (Phi) is 4.49. The average Bonchev–Trinajstić information content (AvgIpc) is 2.89. The molecule has 2 aromatic heterocycles. The summed E-state index contributed by atoms with van der Waals surface area (Å²) >= 11 is 0. The molecule has 0 radical (unpaired) electrons. The van der Waals surface area contributed by atoms with Gasteiger partial charge in [-0.25, -0.2) is 0 Å². The van der Waals surface area contributed by atoms with E-state index in [-0.39, 0.29) is 5.91 Å². The van der Waals surface area contributed by atoms with Crippen LogP contribution in [0.15, 0.2) is 16.5 Å². The van der Waals surface area contributed by atoms with Gasteiger partial charge in [0.05, 0.1) is 5.52 Å². The summed E-state index contributed by atoms with van der Waals surface area (Å²) in [5.41, 5.74) is 2.44. The van der Waals surface area contributed by atoms with Crippen molar-refractivity contribution in [3.8, 4) is 0 Å². The van der Waals surface area contributed by atoms with Crippen molar-refractivity contribution in [3.63, 3.8) is 0 Å². The quantitative estimate of drug-likeness (QED) is 0.824. The Bertz CT molecular complexity index is 596. The van der Waals surface area contributed by atoms with Crippen LogP contribution in [0.25, 0.3) is 11.1 Å². The molecular formula is C15H23N3O2. The Labute approximate surface area is 119 Å². The van der Waals surface area contributed by atoms with Crippen LogP contribution < -0.4 is 5.32 Å². The average molecular weight is 277 g/mol. The van der Waals surface area contributed by atoms with Crippen molar-refractivity contribution < 1.29 is 9.21 Å². The molecule has 0 bridgehead atoms. The standard InChI is InChI=1S/C15H23N3O2/c1-5-18-12-9-11(2)20-14(12)10-13(18)15(19)16-7-6-8-17(3)4/h9-10H,5-8H2,1-4H3,(H,16,19). The lowest BCUT2D eigenvalue weighted by Crippen LogP contribution is -2.28. The largest absolute Gasteiger partial charge is 0.460 e. The van der Waals surface area contributed by atoms with Crippen LogP contribution in [-0.2, 0) is 6.54 Å². The Morgan fingerprint density at radius 2 is 2.15 bits per heavy atom. The number of rotatable bonds is 6. The molecule has 1 amide bonds. The molecule has 0 aliphatic heterocycles. The minimum Gasteiger partial charge on any atom is -0.460 e. The predicted molar refractivity (Wildman–Crippen MR) is 80.1 cm³/mol. The molecule has 20 heavy (non-hydrogen) atoms. The Morgan fingerprint density at radius 3 is 2.80 bits per heavy atom. The van der Waals surface area contributed by atoms with Gasteiger partial charge in [-0.05, 0) is 40.9 Å². The van der Waals surface area contributed by atoms with Crippen LogP contribution in [0.2, 0.25) is 0 Å². The minimum absolute atomic E-state index is 0.0327. The van der Waals surface area contributed by atoms with Crippen molar-refractivity contribution in [1.82, 2.24) is 14.8 Å². The summed E-state index contributed by atoms with van der Waals surface area (Å²) in [5, 5.41) is 2.97. The Morgan fingerprint density at radius 1 is 1.40 bits per heavy atom. The molecule has 0 aromatic carbocycles. The SMILES string of the molecule is CCn1c(C(=O)NCCCN(C)C)cc2oc(C)cc21. The molecule has 0 saturated carbocycles. The first-order valence-corrected chi connectivity index (χ1v) is 7.05. The van der Waals surface area contributed by atoms with Gasteiger partial charge in [0.1, 0.15) is 11.5 Å². The molecule has 0 unspecified atom stereocenters.